The van der Waals surface area contributed by atoms with E-state index in [0.29, 0.717) is 17.1 Å². The number of aldehydes is 1. The van der Waals surface area contributed by atoms with Gasteiger partial charge in [0.2, 0.25) is 0 Å². The first-order chi connectivity index (χ1) is 9.29. The maximum Gasteiger partial charge on any atom is 0.172 e. The van der Waals surface area contributed by atoms with Crippen LogP contribution in [0, 0.1) is 0 Å². The van der Waals surface area contributed by atoms with Crippen molar-refractivity contribution in [1.29, 1.82) is 0 Å². The largest absolute Gasteiger partial charge is 0.493 e. The summed E-state index contributed by atoms with van der Waals surface area (Å²) in [7, 11) is 1.57. The lowest BCUT2D eigenvalue weighted by Gasteiger charge is -2.28. The van der Waals surface area contributed by atoms with Crippen LogP contribution >= 0.6 is 0 Å². The summed E-state index contributed by atoms with van der Waals surface area (Å²) in [5.41, 5.74) is -0.160. The van der Waals surface area contributed by atoms with E-state index in [9.17, 15) is 4.79 Å². The minimum atomic E-state index is -0.412. The van der Waals surface area contributed by atoms with E-state index >= 15 is 0 Å². The Morgan fingerprint density at radius 1 is 1.30 bits per heavy atom. The SMILES string of the molecule is COc1cccc(C=O)c1OC1CC(C)(C)OC1(C)C. The van der Waals surface area contributed by atoms with Crippen LogP contribution < -0.4 is 9.47 Å². The number of methoxy groups -OCH3 is 1. The number of rotatable bonds is 4. The Labute approximate surface area is 120 Å². The Bertz CT molecular complexity index is 505. The van der Waals surface area contributed by atoms with Gasteiger partial charge < -0.3 is 14.2 Å². The van der Waals surface area contributed by atoms with Crippen molar-refractivity contribution in [1.82, 2.24) is 0 Å². The molecule has 2 rings (SSSR count). The Morgan fingerprint density at radius 3 is 2.50 bits per heavy atom. The van der Waals surface area contributed by atoms with Gasteiger partial charge in [-0.05, 0) is 39.8 Å². The maximum atomic E-state index is 11.2. The second kappa shape index (κ2) is 5.09. The Morgan fingerprint density at radius 2 is 2.00 bits per heavy atom. The van der Waals surface area contributed by atoms with Gasteiger partial charge in [0.1, 0.15) is 11.7 Å². The first-order valence-electron chi connectivity index (χ1n) is 6.78. The van der Waals surface area contributed by atoms with Gasteiger partial charge in [0, 0.05) is 6.42 Å². The van der Waals surface area contributed by atoms with Gasteiger partial charge in [-0.1, -0.05) is 6.07 Å². The molecule has 0 saturated carbocycles. The van der Waals surface area contributed by atoms with Crippen molar-refractivity contribution in [3.63, 3.8) is 0 Å². The van der Waals surface area contributed by atoms with Crippen LogP contribution in [-0.2, 0) is 4.74 Å². The summed E-state index contributed by atoms with van der Waals surface area (Å²) in [5, 5.41) is 0. The zero-order chi connectivity index (χ0) is 15.0. The predicted molar refractivity (Wildman–Crippen MR) is 76.7 cm³/mol. The normalized spacial score (nSPS) is 23.4. The lowest BCUT2D eigenvalue weighted by atomic mass is 9.97. The summed E-state index contributed by atoms with van der Waals surface area (Å²) in [4.78, 5) is 11.2. The summed E-state index contributed by atoms with van der Waals surface area (Å²) >= 11 is 0. The maximum absolute atomic E-state index is 11.2. The lowest BCUT2D eigenvalue weighted by molar-refractivity contribution is -0.0848. The molecule has 1 aliphatic heterocycles. The topological polar surface area (TPSA) is 44.8 Å². The fourth-order valence-corrected chi connectivity index (χ4v) is 2.75. The van der Waals surface area contributed by atoms with Crippen LogP contribution in [0.2, 0.25) is 0 Å². The van der Waals surface area contributed by atoms with Crippen LogP contribution in [0.3, 0.4) is 0 Å². The fraction of sp³-hybridized carbons (Fsp3) is 0.562. The van der Waals surface area contributed by atoms with Crippen LogP contribution in [0.15, 0.2) is 18.2 Å². The third-order valence-corrected chi connectivity index (χ3v) is 3.61. The molecule has 0 bridgehead atoms. The van der Waals surface area contributed by atoms with Gasteiger partial charge in [0.25, 0.3) is 0 Å². The van der Waals surface area contributed by atoms with E-state index in [1.807, 2.05) is 27.7 Å². The highest BCUT2D eigenvalue weighted by Crippen LogP contribution is 2.41. The summed E-state index contributed by atoms with van der Waals surface area (Å²) in [6.07, 6.45) is 1.41. The molecule has 0 amide bonds. The molecule has 1 aromatic rings. The first kappa shape index (κ1) is 14.9. The summed E-state index contributed by atoms with van der Waals surface area (Å²) in [6.45, 7) is 8.09. The number of ether oxygens (including phenoxy) is 3. The van der Waals surface area contributed by atoms with E-state index in [-0.39, 0.29) is 11.7 Å². The molecule has 0 aromatic heterocycles. The van der Waals surface area contributed by atoms with Crippen LogP contribution in [-0.4, -0.2) is 30.7 Å². The zero-order valence-electron chi connectivity index (χ0n) is 12.7. The van der Waals surface area contributed by atoms with Crippen molar-refractivity contribution >= 4 is 6.29 Å². The molecule has 20 heavy (non-hydrogen) atoms. The number of benzene rings is 1. The van der Waals surface area contributed by atoms with Crippen LogP contribution in [0.25, 0.3) is 0 Å². The van der Waals surface area contributed by atoms with Gasteiger partial charge in [-0.2, -0.15) is 0 Å². The molecule has 0 radical (unpaired) electrons. The molecule has 110 valence electrons. The van der Waals surface area contributed by atoms with Crippen molar-refractivity contribution in [3.8, 4) is 11.5 Å². The summed E-state index contributed by atoms with van der Waals surface area (Å²) in [5.74, 6) is 1.06. The molecule has 4 nitrogen and oxygen atoms in total. The van der Waals surface area contributed by atoms with Crippen molar-refractivity contribution in [2.24, 2.45) is 0 Å². The molecule has 1 saturated heterocycles. The van der Waals surface area contributed by atoms with Gasteiger partial charge in [-0.3, -0.25) is 4.79 Å². The quantitative estimate of drug-likeness (QED) is 0.793. The number of hydrogen-bond acceptors (Lipinski definition) is 4. The monoisotopic (exact) mass is 278 g/mol. The fourth-order valence-electron chi connectivity index (χ4n) is 2.75. The van der Waals surface area contributed by atoms with Crippen molar-refractivity contribution in [2.45, 2.75) is 51.4 Å². The standard InChI is InChI=1S/C16H22O4/c1-15(2)9-13(16(3,4)20-15)19-14-11(10-17)7-6-8-12(14)18-5/h6-8,10,13H,9H2,1-5H3. The number of carbonyl (C=O) groups excluding carboxylic acids is 1. The molecule has 1 aromatic carbocycles. The third-order valence-electron chi connectivity index (χ3n) is 3.61. The Kier molecular flexibility index (Phi) is 3.78. The lowest BCUT2D eigenvalue weighted by Crippen LogP contribution is -2.37. The minimum Gasteiger partial charge on any atom is -0.493 e. The molecular formula is C16H22O4. The van der Waals surface area contributed by atoms with Gasteiger partial charge in [-0.25, -0.2) is 0 Å². The summed E-state index contributed by atoms with van der Waals surface area (Å²) < 4.78 is 17.4. The van der Waals surface area contributed by atoms with Gasteiger partial charge in [-0.15, -0.1) is 0 Å². The highest BCUT2D eigenvalue weighted by molar-refractivity contribution is 5.81. The molecule has 1 atom stereocenters. The Hall–Kier alpha value is -1.55. The van der Waals surface area contributed by atoms with E-state index in [1.165, 1.54) is 0 Å². The van der Waals surface area contributed by atoms with Crippen LogP contribution in [0.4, 0.5) is 0 Å². The van der Waals surface area contributed by atoms with E-state index in [1.54, 1.807) is 25.3 Å². The molecule has 0 aliphatic carbocycles. The second-order valence-electron chi connectivity index (χ2n) is 6.27. The molecule has 0 spiro atoms. The molecular weight excluding hydrogens is 256 g/mol. The molecule has 1 fully saturated rings. The van der Waals surface area contributed by atoms with E-state index in [4.69, 9.17) is 14.2 Å². The number of para-hydroxylation sites is 1. The first-order valence-corrected chi connectivity index (χ1v) is 6.78. The minimum absolute atomic E-state index is 0.132. The Balaban J connectivity index is 2.33. The van der Waals surface area contributed by atoms with E-state index in [2.05, 4.69) is 0 Å². The van der Waals surface area contributed by atoms with Gasteiger partial charge in [0.05, 0.1) is 18.3 Å². The molecule has 1 heterocycles. The van der Waals surface area contributed by atoms with Crippen molar-refractivity contribution in [2.75, 3.05) is 7.11 Å². The third kappa shape index (κ3) is 2.80. The predicted octanol–water partition coefficient (Wildman–Crippen LogP) is 3.23. The van der Waals surface area contributed by atoms with Crippen molar-refractivity contribution < 1.29 is 19.0 Å². The van der Waals surface area contributed by atoms with E-state index in [0.717, 1.165) is 12.7 Å². The van der Waals surface area contributed by atoms with E-state index < -0.39 is 5.60 Å². The molecule has 1 unspecified atom stereocenters. The highest BCUT2D eigenvalue weighted by Gasteiger charge is 2.47. The molecule has 4 heteroatoms. The second-order valence-corrected chi connectivity index (χ2v) is 6.27. The number of carbonyl (C=O) groups is 1. The molecule has 1 aliphatic rings. The number of hydrogen-bond donors (Lipinski definition) is 0. The molecule has 0 N–H and O–H groups in total. The van der Waals surface area contributed by atoms with Crippen LogP contribution in [0.1, 0.15) is 44.5 Å². The van der Waals surface area contributed by atoms with Crippen LogP contribution in [0.5, 0.6) is 11.5 Å². The average Bonchev–Trinajstić information content (AvgIpc) is 2.57. The zero-order valence-corrected chi connectivity index (χ0v) is 12.7. The van der Waals surface area contributed by atoms with Gasteiger partial charge >= 0.3 is 0 Å². The average molecular weight is 278 g/mol. The van der Waals surface area contributed by atoms with Gasteiger partial charge in [0.15, 0.2) is 17.8 Å². The smallest absolute Gasteiger partial charge is 0.172 e. The highest BCUT2D eigenvalue weighted by atomic mass is 16.6. The van der Waals surface area contributed by atoms with Crippen molar-refractivity contribution in [3.05, 3.63) is 23.8 Å². The summed E-state index contributed by atoms with van der Waals surface area (Å²) in [6, 6.07) is 5.28.